The van der Waals surface area contributed by atoms with Crippen molar-refractivity contribution in [2.75, 3.05) is 5.73 Å². The average molecular weight is 274 g/mol. The van der Waals surface area contributed by atoms with Crippen LogP contribution in [-0.4, -0.2) is 11.9 Å². The Labute approximate surface area is 117 Å². The van der Waals surface area contributed by atoms with Gasteiger partial charge < -0.3 is 11.1 Å². The molecule has 3 N–H and O–H groups in total. The molecule has 1 heterocycles. The lowest BCUT2D eigenvalue weighted by atomic mass is 10.1. The Morgan fingerprint density at radius 2 is 2.05 bits per heavy atom. The fraction of sp³-hybridized carbons (Fsp3) is 0.267. The molecule has 0 bridgehead atoms. The predicted molar refractivity (Wildman–Crippen MR) is 80.4 cm³/mol. The molecular formula is C15H18N2OS. The Balaban J connectivity index is 1.83. The summed E-state index contributed by atoms with van der Waals surface area (Å²) in [6.45, 7) is 2.02. The van der Waals surface area contributed by atoms with Crippen LogP contribution in [0.1, 0.15) is 28.6 Å². The molecule has 0 aliphatic carbocycles. The number of benzene rings is 1. The number of carbonyl (C=O) groups is 1. The first-order valence-electron chi connectivity index (χ1n) is 6.34. The number of amides is 1. The topological polar surface area (TPSA) is 55.1 Å². The molecule has 0 aliphatic rings. The van der Waals surface area contributed by atoms with Gasteiger partial charge in [-0.2, -0.15) is 0 Å². The van der Waals surface area contributed by atoms with Gasteiger partial charge in [0.25, 0.3) is 5.91 Å². The first-order valence-corrected chi connectivity index (χ1v) is 7.22. The van der Waals surface area contributed by atoms with Crippen LogP contribution < -0.4 is 11.1 Å². The average Bonchev–Trinajstić information content (AvgIpc) is 2.84. The number of hydrogen-bond donors (Lipinski definition) is 2. The van der Waals surface area contributed by atoms with Crippen LogP contribution in [0.25, 0.3) is 0 Å². The lowest BCUT2D eigenvalue weighted by Crippen LogP contribution is -2.32. The summed E-state index contributed by atoms with van der Waals surface area (Å²) in [6, 6.07) is 12.2. The highest BCUT2D eigenvalue weighted by atomic mass is 32.1. The highest BCUT2D eigenvalue weighted by Gasteiger charge is 2.13. The molecule has 0 radical (unpaired) electrons. The maximum absolute atomic E-state index is 12.0. The van der Waals surface area contributed by atoms with Crippen LogP contribution in [0.2, 0.25) is 0 Å². The lowest BCUT2D eigenvalue weighted by molar-refractivity contribution is 0.0943. The summed E-state index contributed by atoms with van der Waals surface area (Å²) in [5, 5.41) is 4.82. The van der Waals surface area contributed by atoms with E-state index < -0.39 is 0 Å². The lowest BCUT2D eigenvalue weighted by Gasteiger charge is -2.13. The van der Waals surface area contributed by atoms with Crippen molar-refractivity contribution >= 4 is 22.9 Å². The minimum atomic E-state index is -0.0759. The van der Waals surface area contributed by atoms with E-state index in [2.05, 4.69) is 17.4 Å². The van der Waals surface area contributed by atoms with E-state index in [9.17, 15) is 4.79 Å². The van der Waals surface area contributed by atoms with Crippen molar-refractivity contribution in [3.05, 3.63) is 52.2 Å². The van der Waals surface area contributed by atoms with Gasteiger partial charge in [0.05, 0.1) is 5.69 Å². The maximum Gasteiger partial charge on any atom is 0.263 e. The van der Waals surface area contributed by atoms with Gasteiger partial charge in [0, 0.05) is 6.04 Å². The highest BCUT2D eigenvalue weighted by molar-refractivity contribution is 7.12. The third-order valence-electron chi connectivity index (χ3n) is 2.99. The normalized spacial score (nSPS) is 12.1. The van der Waals surface area contributed by atoms with Gasteiger partial charge in [-0.3, -0.25) is 4.79 Å². The van der Waals surface area contributed by atoms with Crippen molar-refractivity contribution in [2.24, 2.45) is 0 Å². The molecule has 2 aromatic rings. The molecule has 4 heteroatoms. The summed E-state index contributed by atoms with van der Waals surface area (Å²) < 4.78 is 0. The summed E-state index contributed by atoms with van der Waals surface area (Å²) in [5.41, 5.74) is 7.58. The minimum Gasteiger partial charge on any atom is -0.397 e. The number of anilines is 1. The number of aryl methyl sites for hydroxylation is 1. The van der Waals surface area contributed by atoms with Crippen LogP contribution in [-0.2, 0) is 6.42 Å². The fourth-order valence-corrected chi connectivity index (χ4v) is 2.61. The van der Waals surface area contributed by atoms with Gasteiger partial charge in [-0.15, -0.1) is 11.3 Å². The Morgan fingerprint density at radius 3 is 2.68 bits per heavy atom. The molecule has 2 rings (SSSR count). The first-order chi connectivity index (χ1) is 9.16. The summed E-state index contributed by atoms with van der Waals surface area (Å²) in [6.07, 6.45) is 1.88. The summed E-state index contributed by atoms with van der Waals surface area (Å²) in [5.74, 6) is -0.0759. The SMILES string of the molecule is CC(CCc1ccccc1)NC(=O)c1sccc1N. The zero-order valence-corrected chi connectivity index (χ0v) is 11.7. The molecule has 0 spiro atoms. The van der Waals surface area contributed by atoms with Crippen molar-refractivity contribution < 1.29 is 4.79 Å². The van der Waals surface area contributed by atoms with E-state index in [1.807, 2.05) is 30.5 Å². The van der Waals surface area contributed by atoms with E-state index >= 15 is 0 Å². The number of carbonyl (C=O) groups excluding carboxylic acids is 1. The summed E-state index contributed by atoms with van der Waals surface area (Å²) >= 11 is 1.38. The number of hydrogen-bond acceptors (Lipinski definition) is 3. The van der Waals surface area contributed by atoms with Crippen LogP contribution in [0.5, 0.6) is 0 Å². The predicted octanol–water partition coefficient (Wildman–Crippen LogP) is 3.08. The molecule has 3 nitrogen and oxygen atoms in total. The van der Waals surface area contributed by atoms with E-state index in [0.29, 0.717) is 10.6 Å². The van der Waals surface area contributed by atoms with E-state index in [4.69, 9.17) is 5.73 Å². The number of nitrogens with two attached hydrogens (primary N) is 1. The molecule has 19 heavy (non-hydrogen) atoms. The monoisotopic (exact) mass is 274 g/mol. The van der Waals surface area contributed by atoms with Gasteiger partial charge in [0.15, 0.2) is 0 Å². The molecule has 0 saturated carbocycles. The third-order valence-corrected chi connectivity index (χ3v) is 3.92. The van der Waals surface area contributed by atoms with Crippen LogP contribution >= 0.6 is 11.3 Å². The van der Waals surface area contributed by atoms with Crippen LogP contribution in [0.15, 0.2) is 41.8 Å². The third kappa shape index (κ3) is 3.83. The minimum absolute atomic E-state index is 0.0759. The smallest absolute Gasteiger partial charge is 0.263 e. The highest BCUT2D eigenvalue weighted by Crippen LogP contribution is 2.18. The van der Waals surface area contributed by atoms with Crippen LogP contribution in [0.4, 0.5) is 5.69 Å². The van der Waals surface area contributed by atoms with E-state index in [1.165, 1.54) is 16.9 Å². The molecule has 1 aromatic heterocycles. The Morgan fingerprint density at radius 1 is 1.32 bits per heavy atom. The Bertz CT molecular complexity index is 536. The summed E-state index contributed by atoms with van der Waals surface area (Å²) in [4.78, 5) is 12.6. The molecule has 1 atom stereocenters. The Kier molecular flexibility index (Phi) is 4.58. The standard InChI is InChI=1S/C15H18N2OS/c1-11(7-8-12-5-3-2-4-6-12)17-15(18)14-13(16)9-10-19-14/h2-6,9-11H,7-8,16H2,1H3,(H,17,18). The second-order valence-electron chi connectivity index (χ2n) is 4.60. The molecule has 0 fully saturated rings. The molecular weight excluding hydrogens is 256 g/mol. The van der Waals surface area contributed by atoms with Crippen LogP contribution in [0.3, 0.4) is 0 Å². The molecule has 1 aromatic carbocycles. The number of rotatable bonds is 5. The largest absolute Gasteiger partial charge is 0.397 e. The van der Waals surface area contributed by atoms with Gasteiger partial charge in [-0.1, -0.05) is 30.3 Å². The molecule has 0 saturated heterocycles. The van der Waals surface area contributed by atoms with Crippen molar-refractivity contribution in [1.29, 1.82) is 0 Å². The van der Waals surface area contributed by atoms with Gasteiger partial charge in [0.1, 0.15) is 4.88 Å². The molecule has 0 aliphatic heterocycles. The number of nitrogen functional groups attached to an aromatic ring is 1. The molecule has 1 unspecified atom stereocenters. The number of nitrogens with one attached hydrogen (secondary N) is 1. The van der Waals surface area contributed by atoms with E-state index in [-0.39, 0.29) is 11.9 Å². The van der Waals surface area contributed by atoms with Gasteiger partial charge in [-0.25, -0.2) is 0 Å². The maximum atomic E-state index is 12.0. The first kappa shape index (κ1) is 13.6. The zero-order valence-electron chi connectivity index (χ0n) is 10.9. The van der Waals surface area contributed by atoms with Crippen molar-refractivity contribution in [2.45, 2.75) is 25.8 Å². The van der Waals surface area contributed by atoms with E-state index in [0.717, 1.165) is 12.8 Å². The van der Waals surface area contributed by atoms with Gasteiger partial charge >= 0.3 is 0 Å². The van der Waals surface area contributed by atoms with Crippen molar-refractivity contribution in [3.8, 4) is 0 Å². The second-order valence-corrected chi connectivity index (χ2v) is 5.52. The van der Waals surface area contributed by atoms with Gasteiger partial charge in [0.2, 0.25) is 0 Å². The second kappa shape index (κ2) is 6.38. The van der Waals surface area contributed by atoms with E-state index in [1.54, 1.807) is 6.07 Å². The van der Waals surface area contributed by atoms with Crippen molar-refractivity contribution in [1.82, 2.24) is 5.32 Å². The van der Waals surface area contributed by atoms with Gasteiger partial charge in [-0.05, 0) is 36.8 Å². The summed E-state index contributed by atoms with van der Waals surface area (Å²) in [7, 11) is 0. The fourth-order valence-electron chi connectivity index (χ4n) is 1.89. The zero-order chi connectivity index (χ0) is 13.7. The Hall–Kier alpha value is -1.81. The number of thiophene rings is 1. The van der Waals surface area contributed by atoms with Crippen LogP contribution in [0, 0.1) is 0 Å². The molecule has 100 valence electrons. The molecule has 1 amide bonds. The van der Waals surface area contributed by atoms with Crippen molar-refractivity contribution in [3.63, 3.8) is 0 Å². The quantitative estimate of drug-likeness (QED) is 0.880.